The minimum atomic E-state index is -0.546. The van der Waals surface area contributed by atoms with Gasteiger partial charge in [-0.15, -0.1) is 0 Å². The zero-order chi connectivity index (χ0) is 14.0. The van der Waals surface area contributed by atoms with Crippen LogP contribution in [0.4, 0.5) is 5.69 Å². The number of piperidine rings is 1. The molecule has 1 aromatic rings. The van der Waals surface area contributed by atoms with Gasteiger partial charge in [0.25, 0.3) is 5.91 Å². The Bertz CT molecular complexity index is 519. The van der Waals surface area contributed by atoms with Gasteiger partial charge in [0.2, 0.25) is 5.91 Å². The fraction of sp³-hybridized carbons (Fsp3) is 0.385. The Hall–Kier alpha value is -1.75. The van der Waals surface area contributed by atoms with Gasteiger partial charge in [-0.25, -0.2) is 0 Å². The van der Waals surface area contributed by atoms with Gasteiger partial charge >= 0.3 is 0 Å². The minimum absolute atomic E-state index is 0.270. The van der Waals surface area contributed by atoms with E-state index in [0.29, 0.717) is 29.2 Å². The Labute approximate surface area is 116 Å². The third kappa shape index (κ3) is 2.81. The number of halogens is 1. The number of benzene rings is 1. The molecule has 0 radical (unpaired) electrons. The van der Waals surface area contributed by atoms with E-state index < -0.39 is 11.9 Å². The summed E-state index contributed by atoms with van der Waals surface area (Å²) in [6.45, 7) is 0.521. The van der Waals surface area contributed by atoms with E-state index in [1.807, 2.05) is 0 Å². The molecule has 0 aliphatic carbocycles. The monoisotopic (exact) mass is 281 g/mol. The SMILES string of the molecule is NC(=O)C1CCCCN1C(=O)c1ccc(N)cc1Cl. The Morgan fingerprint density at radius 2 is 2.05 bits per heavy atom. The molecule has 102 valence electrons. The van der Waals surface area contributed by atoms with Gasteiger partial charge in [-0.3, -0.25) is 9.59 Å². The van der Waals surface area contributed by atoms with Crippen LogP contribution in [0, 0.1) is 0 Å². The van der Waals surface area contributed by atoms with Crippen LogP contribution in [-0.2, 0) is 4.79 Å². The molecule has 0 saturated carbocycles. The molecule has 1 saturated heterocycles. The van der Waals surface area contributed by atoms with E-state index in [9.17, 15) is 9.59 Å². The number of rotatable bonds is 2. The van der Waals surface area contributed by atoms with Gasteiger partial charge in [-0.2, -0.15) is 0 Å². The van der Waals surface area contributed by atoms with Gasteiger partial charge < -0.3 is 16.4 Å². The predicted octanol–water partition coefficient (Wildman–Crippen LogP) is 1.40. The summed E-state index contributed by atoms with van der Waals surface area (Å²) >= 11 is 6.03. The Morgan fingerprint density at radius 1 is 1.32 bits per heavy atom. The number of nitrogen functional groups attached to an aromatic ring is 1. The van der Waals surface area contributed by atoms with Crippen LogP contribution in [0.25, 0.3) is 0 Å². The molecule has 1 heterocycles. The van der Waals surface area contributed by atoms with Gasteiger partial charge in [0.1, 0.15) is 6.04 Å². The van der Waals surface area contributed by atoms with Crippen LogP contribution in [0.5, 0.6) is 0 Å². The highest BCUT2D eigenvalue weighted by Crippen LogP contribution is 2.24. The van der Waals surface area contributed by atoms with E-state index in [1.54, 1.807) is 12.1 Å². The highest BCUT2D eigenvalue weighted by atomic mass is 35.5. The van der Waals surface area contributed by atoms with Gasteiger partial charge in [-0.1, -0.05) is 11.6 Å². The summed E-state index contributed by atoms with van der Waals surface area (Å²) in [5, 5.41) is 0.291. The third-order valence-corrected chi connectivity index (χ3v) is 3.63. The number of amides is 2. The number of nitrogens with zero attached hydrogens (tertiary/aromatic N) is 1. The standard InChI is InChI=1S/C13H16ClN3O2/c14-10-7-8(15)4-5-9(10)13(19)17-6-2-1-3-11(17)12(16)18/h4-5,7,11H,1-3,6,15H2,(H2,16,18). The largest absolute Gasteiger partial charge is 0.399 e. The predicted molar refractivity (Wildman–Crippen MR) is 73.7 cm³/mol. The molecular formula is C13H16ClN3O2. The fourth-order valence-electron chi connectivity index (χ4n) is 2.33. The van der Waals surface area contributed by atoms with E-state index in [2.05, 4.69) is 0 Å². The van der Waals surface area contributed by atoms with Crippen LogP contribution in [-0.4, -0.2) is 29.3 Å². The quantitative estimate of drug-likeness (QED) is 0.803. The maximum Gasteiger partial charge on any atom is 0.256 e. The van der Waals surface area contributed by atoms with E-state index in [1.165, 1.54) is 11.0 Å². The number of carbonyl (C=O) groups excluding carboxylic acids is 2. The number of nitrogens with two attached hydrogens (primary N) is 2. The van der Waals surface area contributed by atoms with E-state index >= 15 is 0 Å². The van der Waals surface area contributed by atoms with Gasteiger partial charge in [-0.05, 0) is 37.5 Å². The lowest BCUT2D eigenvalue weighted by molar-refractivity contribution is -0.123. The molecule has 1 unspecified atom stereocenters. The van der Waals surface area contributed by atoms with E-state index in [-0.39, 0.29) is 5.91 Å². The van der Waals surface area contributed by atoms with Crippen molar-refractivity contribution in [1.29, 1.82) is 0 Å². The van der Waals surface area contributed by atoms with Crippen molar-refractivity contribution in [2.75, 3.05) is 12.3 Å². The number of hydrogen-bond donors (Lipinski definition) is 2. The molecule has 1 fully saturated rings. The van der Waals surface area contributed by atoms with Crippen LogP contribution in [0.2, 0.25) is 5.02 Å². The summed E-state index contributed by atoms with van der Waals surface area (Å²) in [5.74, 6) is -0.742. The van der Waals surface area contributed by atoms with Crippen molar-refractivity contribution in [3.63, 3.8) is 0 Å². The first-order valence-corrected chi connectivity index (χ1v) is 6.54. The van der Waals surface area contributed by atoms with Gasteiger partial charge in [0, 0.05) is 12.2 Å². The summed E-state index contributed by atoms with van der Waals surface area (Å²) in [5.41, 5.74) is 11.8. The number of carbonyl (C=O) groups is 2. The average molecular weight is 282 g/mol. The highest BCUT2D eigenvalue weighted by molar-refractivity contribution is 6.34. The van der Waals surface area contributed by atoms with Gasteiger partial charge in [0.05, 0.1) is 10.6 Å². The highest BCUT2D eigenvalue weighted by Gasteiger charge is 2.31. The average Bonchev–Trinajstić information content (AvgIpc) is 2.38. The third-order valence-electron chi connectivity index (χ3n) is 3.32. The fourth-order valence-corrected chi connectivity index (χ4v) is 2.60. The number of primary amides is 1. The zero-order valence-electron chi connectivity index (χ0n) is 10.4. The molecule has 0 aromatic heterocycles. The molecule has 4 N–H and O–H groups in total. The van der Waals surface area contributed by atoms with E-state index in [0.717, 1.165) is 12.8 Å². The molecule has 2 rings (SSSR count). The molecule has 1 aromatic carbocycles. The summed E-state index contributed by atoms with van der Waals surface area (Å²) in [4.78, 5) is 25.4. The van der Waals surface area contributed by atoms with Crippen LogP contribution in [0.3, 0.4) is 0 Å². The lowest BCUT2D eigenvalue weighted by Crippen LogP contribution is -2.50. The summed E-state index contributed by atoms with van der Waals surface area (Å²) < 4.78 is 0. The number of likely N-dealkylation sites (tertiary alicyclic amines) is 1. The molecule has 1 atom stereocenters. The van der Waals surface area contributed by atoms with Crippen LogP contribution < -0.4 is 11.5 Å². The first kappa shape index (κ1) is 13.7. The first-order chi connectivity index (χ1) is 9.00. The molecule has 0 bridgehead atoms. The molecule has 5 nitrogen and oxygen atoms in total. The molecular weight excluding hydrogens is 266 g/mol. The molecule has 2 amide bonds. The molecule has 6 heteroatoms. The second kappa shape index (κ2) is 5.48. The second-order valence-electron chi connectivity index (χ2n) is 4.65. The summed E-state index contributed by atoms with van der Waals surface area (Å²) in [6, 6.07) is 4.17. The van der Waals surface area contributed by atoms with Crippen molar-refractivity contribution in [2.45, 2.75) is 25.3 Å². The van der Waals surface area contributed by atoms with Crippen molar-refractivity contribution >= 4 is 29.1 Å². The van der Waals surface area contributed by atoms with Crippen molar-refractivity contribution < 1.29 is 9.59 Å². The number of hydrogen-bond acceptors (Lipinski definition) is 3. The molecule has 1 aliphatic heterocycles. The van der Waals surface area contributed by atoms with Crippen molar-refractivity contribution in [1.82, 2.24) is 4.90 Å². The van der Waals surface area contributed by atoms with Crippen molar-refractivity contribution in [3.05, 3.63) is 28.8 Å². The van der Waals surface area contributed by atoms with Crippen molar-refractivity contribution in [3.8, 4) is 0 Å². The maximum absolute atomic E-state index is 12.4. The summed E-state index contributed by atoms with van der Waals surface area (Å²) in [6.07, 6.45) is 2.36. The maximum atomic E-state index is 12.4. The van der Waals surface area contributed by atoms with E-state index in [4.69, 9.17) is 23.1 Å². The smallest absolute Gasteiger partial charge is 0.256 e. The Morgan fingerprint density at radius 3 is 2.68 bits per heavy atom. The molecule has 19 heavy (non-hydrogen) atoms. The van der Waals surface area contributed by atoms with Crippen LogP contribution in [0.15, 0.2) is 18.2 Å². The lowest BCUT2D eigenvalue weighted by atomic mass is 10.00. The zero-order valence-corrected chi connectivity index (χ0v) is 11.2. The van der Waals surface area contributed by atoms with Gasteiger partial charge in [0.15, 0.2) is 0 Å². The normalized spacial score (nSPS) is 19.2. The topological polar surface area (TPSA) is 89.4 Å². The molecule has 0 spiro atoms. The Balaban J connectivity index is 2.28. The molecule has 1 aliphatic rings. The lowest BCUT2D eigenvalue weighted by Gasteiger charge is -2.33. The Kier molecular flexibility index (Phi) is 3.95. The first-order valence-electron chi connectivity index (χ1n) is 6.16. The number of anilines is 1. The van der Waals surface area contributed by atoms with Crippen molar-refractivity contribution in [2.24, 2.45) is 5.73 Å². The summed E-state index contributed by atoms with van der Waals surface area (Å²) in [7, 11) is 0. The van der Waals surface area contributed by atoms with Crippen LogP contribution >= 0.6 is 11.6 Å². The minimum Gasteiger partial charge on any atom is -0.399 e. The van der Waals surface area contributed by atoms with Crippen LogP contribution in [0.1, 0.15) is 29.6 Å². The second-order valence-corrected chi connectivity index (χ2v) is 5.06.